The van der Waals surface area contributed by atoms with Crippen molar-refractivity contribution >= 4 is 23.3 Å². The van der Waals surface area contributed by atoms with Gasteiger partial charge in [-0.15, -0.1) is 0 Å². The molecule has 0 saturated carbocycles. The number of benzene rings is 1. The van der Waals surface area contributed by atoms with Gasteiger partial charge in [-0.1, -0.05) is 6.07 Å². The molecule has 1 aromatic carbocycles. The SMILES string of the molecule is CC(C)(C)OC(=O)n1cc(C=O)c2ccc(C#N)cc21. The fraction of sp³-hybridized carbons (Fsp3) is 0.267. The van der Waals surface area contributed by atoms with Gasteiger partial charge in [0.1, 0.15) is 5.60 Å². The molecule has 0 spiro atoms. The lowest BCUT2D eigenvalue weighted by atomic mass is 10.1. The lowest BCUT2D eigenvalue weighted by molar-refractivity contribution is 0.0544. The number of carbonyl (C=O) groups excluding carboxylic acids is 2. The Morgan fingerprint density at radius 1 is 1.40 bits per heavy atom. The molecule has 0 radical (unpaired) electrons. The number of hydrogen-bond donors (Lipinski definition) is 0. The molecule has 0 aliphatic carbocycles. The van der Waals surface area contributed by atoms with Crippen LogP contribution < -0.4 is 0 Å². The van der Waals surface area contributed by atoms with Gasteiger partial charge in [0.2, 0.25) is 0 Å². The molecule has 5 heteroatoms. The molecular formula is C15H14N2O3. The number of hydrogen-bond acceptors (Lipinski definition) is 4. The predicted molar refractivity (Wildman–Crippen MR) is 73.7 cm³/mol. The van der Waals surface area contributed by atoms with Gasteiger partial charge in [0.25, 0.3) is 0 Å². The molecule has 1 heterocycles. The topological polar surface area (TPSA) is 72.1 Å². The standard InChI is InChI=1S/C15H14N2O3/c1-15(2,3)20-14(19)17-8-11(9-18)12-5-4-10(7-16)6-13(12)17/h4-6,8-9H,1-3H3. The van der Waals surface area contributed by atoms with Crippen LogP contribution in [0.5, 0.6) is 0 Å². The molecule has 20 heavy (non-hydrogen) atoms. The van der Waals surface area contributed by atoms with E-state index < -0.39 is 11.7 Å². The van der Waals surface area contributed by atoms with E-state index in [-0.39, 0.29) is 0 Å². The van der Waals surface area contributed by atoms with Crippen molar-refractivity contribution in [2.45, 2.75) is 26.4 Å². The maximum atomic E-state index is 12.1. The van der Waals surface area contributed by atoms with E-state index in [1.165, 1.54) is 10.8 Å². The van der Waals surface area contributed by atoms with Gasteiger partial charge in [-0.2, -0.15) is 5.26 Å². The van der Waals surface area contributed by atoms with Crippen LogP contribution in [0.25, 0.3) is 10.9 Å². The largest absolute Gasteiger partial charge is 0.443 e. The quantitative estimate of drug-likeness (QED) is 0.746. The van der Waals surface area contributed by atoms with Gasteiger partial charge in [0.15, 0.2) is 6.29 Å². The summed E-state index contributed by atoms with van der Waals surface area (Å²) >= 11 is 0. The van der Waals surface area contributed by atoms with E-state index >= 15 is 0 Å². The number of nitriles is 1. The second-order valence-electron chi connectivity index (χ2n) is 5.40. The van der Waals surface area contributed by atoms with Crippen LogP contribution in [0.3, 0.4) is 0 Å². The van der Waals surface area contributed by atoms with Crippen LogP contribution in [-0.2, 0) is 4.74 Å². The van der Waals surface area contributed by atoms with Gasteiger partial charge < -0.3 is 4.74 Å². The van der Waals surface area contributed by atoms with E-state index in [1.807, 2.05) is 6.07 Å². The molecule has 0 bridgehead atoms. The van der Waals surface area contributed by atoms with Crippen molar-refractivity contribution in [3.8, 4) is 6.07 Å². The summed E-state index contributed by atoms with van der Waals surface area (Å²) in [6.45, 7) is 5.29. The first-order valence-electron chi connectivity index (χ1n) is 6.09. The summed E-state index contributed by atoms with van der Waals surface area (Å²) in [5.41, 5.74) is 0.649. The Morgan fingerprint density at radius 3 is 2.65 bits per heavy atom. The number of aldehydes is 1. The molecule has 0 aliphatic rings. The van der Waals surface area contributed by atoms with E-state index in [9.17, 15) is 9.59 Å². The average molecular weight is 270 g/mol. The third kappa shape index (κ3) is 2.54. The average Bonchev–Trinajstić information content (AvgIpc) is 2.74. The lowest BCUT2D eigenvalue weighted by Crippen LogP contribution is -2.26. The number of ether oxygens (including phenoxy) is 1. The highest BCUT2D eigenvalue weighted by Crippen LogP contribution is 2.23. The molecule has 0 atom stereocenters. The Bertz CT molecular complexity index is 730. The van der Waals surface area contributed by atoms with E-state index in [0.717, 1.165) is 0 Å². The molecular weight excluding hydrogens is 256 g/mol. The second-order valence-corrected chi connectivity index (χ2v) is 5.40. The summed E-state index contributed by atoms with van der Waals surface area (Å²) in [6, 6.07) is 6.83. The van der Waals surface area contributed by atoms with Crippen LogP contribution in [0, 0.1) is 11.3 Å². The fourth-order valence-corrected chi connectivity index (χ4v) is 1.88. The van der Waals surface area contributed by atoms with Crippen LogP contribution in [-0.4, -0.2) is 22.5 Å². The lowest BCUT2D eigenvalue weighted by Gasteiger charge is -2.19. The highest BCUT2D eigenvalue weighted by Gasteiger charge is 2.20. The maximum Gasteiger partial charge on any atom is 0.419 e. The maximum absolute atomic E-state index is 12.1. The zero-order valence-corrected chi connectivity index (χ0v) is 11.5. The minimum atomic E-state index is -0.637. The highest BCUT2D eigenvalue weighted by molar-refractivity contribution is 6.01. The first kappa shape index (κ1) is 13.8. The number of fused-ring (bicyclic) bond motifs is 1. The van der Waals surface area contributed by atoms with Gasteiger partial charge in [-0.25, -0.2) is 4.79 Å². The van der Waals surface area contributed by atoms with Crippen LogP contribution in [0.1, 0.15) is 36.7 Å². The molecule has 0 N–H and O–H groups in total. The fourth-order valence-electron chi connectivity index (χ4n) is 1.88. The molecule has 0 amide bonds. The van der Waals surface area contributed by atoms with E-state index in [4.69, 9.17) is 10.00 Å². The Kier molecular flexibility index (Phi) is 3.33. The Labute approximate surface area is 116 Å². The Hall–Kier alpha value is -2.61. The van der Waals surface area contributed by atoms with Crippen molar-refractivity contribution in [1.82, 2.24) is 4.57 Å². The molecule has 5 nitrogen and oxygen atoms in total. The predicted octanol–water partition coefficient (Wildman–Crippen LogP) is 3.11. The zero-order valence-electron chi connectivity index (χ0n) is 11.5. The van der Waals surface area contributed by atoms with Crippen molar-refractivity contribution in [3.63, 3.8) is 0 Å². The smallest absolute Gasteiger partial charge is 0.419 e. The number of aromatic nitrogens is 1. The van der Waals surface area contributed by atoms with Gasteiger partial charge in [0.05, 0.1) is 17.1 Å². The molecule has 0 aliphatic heterocycles. The first-order chi connectivity index (χ1) is 9.35. The summed E-state index contributed by atoms with van der Waals surface area (Å²) in [5, 5.41) is 9.55. The summed E-state index contributed by atoms with van der Waals surface area (Å²) < 4.78 is 6.54. The van der Waals surface area contributed by atoms with Gasteiger partial charge in [-0.05, 0) is 32.9 Å². The Morgan fingerprint density at radius 2 is 2.10 bits per heavy atom. The first-order valence-corrected chi connectivity index (χ1v) is 6.09. The van der Waals surface area contributed by atoms with Gasteiger partial charge in [-0.3, -0.25) is 9.36 Å². The zero-order chi connectivity index (χ0) is 14.9. The number of nitrogens with zero attached hydrogens (tertiary/aromatic N) is 2. The third-order valence-electron chi connectivity index (χ3n) is 2.68. The van der Waals surface area contributed by atoms with Gasteiger partial charge in [0, 0.05) is 17.1 Å². The van der Waals surface area contributed by atoms with Gasteiger partial charge >= 0.3 is 6.09 Å². The highest BCUT2D eigenvalue weighted by atomic mass is 16.6. The second kappa shape index (κ2) is 4.82. The van der Waals surface area contributed by atoms with Crippen LogP contribution in [0.2, 0.25) is 0 Å². The van der Waals surface area contributed by atoms with Crippen LogP contribution in [0.15, 0.2) is 24.4 Å². The van der Waals surface area contributed by atoms with E-state index in [0.29, 0.717) is 28.3 Å². The van der Waals surface area contributed by atoms with Crippen molar-refractivity contribution in [3.05, 3.63) is 35.5 Å². The molecule has 2 rings (SSSR count). The van der Waals surface area contributed by atoms with E-state index in [2.05, 4.69) is 0 Å². The third-order valence-corrected chi connectivity index (χ3v) is 2.68. The summed E-state index contributed by atoms with van der Waals surface area (Å²) in [5.74, 6) is 0. The Balaban J connectivity index is 2.61. The monoisotopic (exact) mass is 270 g/mol. The molecule has 1 aromatic heterocycles. The van der Waals surface area contributed by atoms with Crippen molar-refractivity contribution in [2.75, 3.05) is 0 Å². The summed E-state index contributed by atoms with van der Waals surface area (Å²) in [7, 11) is 0. The van der Waals surface area contributed by atoms with Crippen molar-refractivity contribution < 1.29 is 14.3 Å². The van der Waals surface area contributed by atoms with E-state index in [1.54, 1.807) is 39.0 Å². The van der Waals surface area contributed by atoms with Crippen molar-refractivity contribution in [1.29, 1.82) is 5.26 Å². The minimum Gasteiger partial charge on any atom is -0.443 e. The molecule has 2 aromatic rings. The van der Waals surface area contributed by atoms with Crippen LogP contribution >= 0.6 is 0 Å². The molecule has 0 unspecified atom stereocenters. The molecule has 0 saturated heterocycles. The normalized spacial score (nSPS) is 11.1. The summed E-state index contributed by atoms with van der Waals surface area (Å²) in [4.78, 5) is 23.2. The number of carbonyl (C=O) groups is 2. The summed E-state index contributed by atoms with van der Waals surface area (Å²) in [6.07, 6.45) is 1.52. The molecule has 102 valence electrons. The van der Waals surface area contributed by atoms with Crippen LogP contribution in [0.4, 0.5) is 4.79 Å². The number of rotatable bonds is 1. The van der Waals surface area contributed by atoms with Crippen molar-refractivity contribution in [2.24, 2.45) is 0 Å². The minimum absolute atomic E-state index is 0.385. The molecule has 0 fully saturated rings.